The average Bonchev–Trinajstić information content (AvgIpc) is 2.46. The first-order valence-electron chi connectivity index (χ1n) is 6.78. The summed E-state index contributed by atoms with van der Waals surface area (Å²) in [7, 11) is 1.52. The van der Waals surface area contributed by atoms with Crippen molar-refractivity contribution in [1.82, 2.24) is 4.90 Å². The summed E-state index contributed by atoms with van der Waals surface area (Å²) in [5, 5.41) is 8.82. The van der Waals surface area contributed by atoms with Crippen molar-refractivity contribution in [3.63, 3.8) is 0 Å². The number of carbonyl (C=O) groups excluding carboxylic acids is 1. The summed E-state index contributed by atoms with van der Waals surface area (Å²) < 4.78 is 10.6. The molecule has 0 spiro atoms. The molecule has 0 bridgehead atoms. The maximum absolute atomic E-state index is 12.6. The number of amides is 1. The zero-order valence-corrected chi connectivity index (χ0v) is 12.2. The molecule has 1 atom stereocenters. The smallest absolute Gasteiger partial charge is 0.306 e. The number of carboxylic acids is 1. The Hall–Kier alpha value is -2.08. The number of hydrogen-bond acceptors (Lipinski definition) is 4. The van der Waals surface area contributed by atoms with E-state index in [0.29, 0.717) is 24.5 Å². The molecule has 1 N–H and O–H groups in total. The number of carboxylic acid groups (broad SMARTS) is 1. The molecule has 1 heterocycles. The van der Waals surface area contributed by atoms with Crippen molar-refractivity contribution in [2.24, 2.45) is 0 Å². The molecule has 0 aliphatic carbocycles. The highest BCUT2D eigenvalue weighted by Crippen LogP contribution is 2.22. The second kappa shape index (κ2) is 6.58. The van der Waals surface area contributed by atoms with E-state index in [1.165, 1.54) is 7.11 Å². The third-order valence-electron chi connectivity index (χ3n) is 3.41. The monoisotopic (exact) mass is 293 g/mol. The molecular weight excluding hydrogens is 274 g/mol. The highest BCUT2D eigenvalue weighted by Gasteiger charge is 2.28. The lowest BCUT2D eigenvalue weighted by molar-refractivity contribution is -0.141. The molecule has 114 valence electrons. The van der Waals surface area contributed by atoms with Crippen molar-refractivity contribution in [1.29, 1.82) is 0 Å². The van der Waals surface area contributed by atoms with Crippen LogP contribution in [0.15, 0.2) is 18.2 Å². The van der Waals surface area contributed by atoms with Gasteiger partial charge in [-0.15, -0.1) is 0 Å². The summed E-state index contributed by atoms with van der Waals surface area (Å²) in [4.78, 5) is 25.0. The van der Waals surface area contributed by atoms with Crippen molar-refractivity contribution in [3.8, 4) is 5.75 Å². The number of hydrogen-bond donors (Lipinski definition) is 1. The molecule has 1 unspecified atom stereocenters. The molecule has 1 aromatic carbocycles. The number of ether oxygens (including phenoxy) is 2. The molecule has 0 saturated carbocycles. The van der Waals surface area contributed by atoms with E-state index in [4.69, 9.17) is 14.6 Å². The minimum Gasteiger partial charge on any atom is -0.496 e. The molecule has 1 aliphatic heterocycles. The first-order valence-corrected chi connectivity index (χ1v) is 6.78. The quantitative estimate of drug-likeness (QED) is 0.906. The van der Waals surface area contributed by atoms with Gasteiger partial charge >= 0.3 is 5.97 Å². The molecular formula is C15H19NO5. The molecule has 0 aromatic heterocycles. The van der Waals surface area contributed by atoms with Crippen molar-refractivity contribution in [3.05, 3.63) is 29.3 Å². The van der Waals surface area contributed by atoms with Crippen LogP contribution in [0.25, 0.3) is 0 Å². The molecule has 1 aliphatic rings. The maximum atomic E-state index is 12.6. The highest BCUT2D eigenvalue weighted by molar-refractivity contribution is 5.97. The van der Waals surface area contributed by atoms with Crippen molar-refractivity contribution in [2.75, 3.05) is 26.8 Å². The second-order valence-corrected chi connectivity index (χ2v) is 5.05. The molecule has 0 radical (unpaired) electrons. The largest absolute Gasteiger partial charge is 0.496 e. The van der Waals surface area contributed by atoms with Gasteiger partial charge < -0.3 is 19.5 Å². The second-order valence-electron chi connectivity index (χ2n) is 5.05. The molecule has 2 rings (SSSR count). The Labute approximate surface area is 123 Å². The van der Waals surface area contributed by atoms with Crippen LogP contribution in [-0.4, -0.2) is 54.8 Å². The standard InChI is InChI=1S/C15H19NO5/c1-10-3-4-13(20-2)12(7-10)15(19)16-5-6-21-11(9-16)8-14(17)18/h3-4,7,11H,5-6,8-9H2,1-2H3,(H,17,18). The van der Waals surface area contributed by atoms with Gasteiger partial charge in [0.25, 0.3) is 5.91 Å². The maximum Gasteiger partial charge on any atom is 0.306 e. The number of nitrogens with zero attached hydrogens (tertiary/aromatic N) is 1. The Kier molecular flexibility index (Phi) is 4.80. The van der Waals surface area contributed by atoms with Crippen LogP contribution in [0.1, 0.15) is 22.3 Å². The Morgan fingerprint density at radius 1 is 1.48 bits per heavy atom. The first-order chi connectivity index (χ1) is 10.0. The lowest BCUT2D eigenvalue weighted by Gasteiger charge is -2.32. The number of morpholine rings is 1. The summed E-state index contributed by atoms with van der Waals surface area (Å²) in [6, 6.07) is 5.42. The fraction of sp³-hybridized carbons (Fsp3) is 0.467. The van der Waals surface area contributed by atoms with Crippen LogP contribution in [0.2, 0.25) is 0 Å². The van der Waals surface area contributed by atoms with Crippen LogP contribution in [0, 0.1) is 6.92 Å². The summed E-state index contributed by atoms with van der Waals surface area (Å²) in [5.41, 5.74) is 1.46. The predicted octanol–water partition coefficient (Wildman–Crippen LogP) is 1.32. The van der Waals surface area contributed by atoms with Crippen LogP contribution in [0.3, 0.4) is 0 Å². The summed E-state index contributed by atoms with van der Waals surface area (Å²) in [5.74, 6) is -0.566. The number of aryl methyl sites for hydroxylation is 1. The third kappa shape index (κ3) is 3.72. The Balaban J connectivity index is 2.15. The lowest BCUT2D eigenvalue weighted by atomic mass is 10.1. The molecule has 1 fully saturated rings. The topological polar surface area (TPSA) is 76.1 Å². The molecule has 6 heteroatoms. The van der Waals surface area contributed by atoms with Crippen molar-refractivity contribution >= 4 is 11.9 Å². The minimum absolute atomic E-state index is 0.102. The summed E-state index contributed by atoms with van der Waals surface area (Å²) >= 11 is 0. The van der Waals surface area contributed by atoms with Crippen LogP contribution in [0.4, 0.5) is 0 Å². The van der Waals surface area contributed by atoms with Gasteiger partial charge in [0.15, 0.2) is 0 Å². The van der Waals surface area contributed by atoms with Gasteiger partial charge in [0.2, 0.25) is 0 Å². The minimum atomic E-state index is -0.928. The Morgan fingerprint density at radius 3 is 2.90 bits per heavy atom. The van der Waals surface area contributed by atoms with E-state index >= 15 is 0 Å². The zero-order chi connectivity index (χ0) is 15.4. The van der Waals surface area contributed by atoms with E-state index in [0.717, 1.165) is 5.56 Å². The molecule has 1 amide bonds. The van der Waals surface area contributed by atoms with E-state index < -0.39 is 12.1 Å². The molecule has 6 nitrogen and oxygen atoms in total. The summed E-state index contributed by atoms with van der Waals surface area (Å²) in [6.45, 7) is 2.98. The lowest BCUT2D eigenvalue weighted by Crippen LogP contribution is -2.46. The predicted molar refractivity (Wildman–Crippen MR) is 75.6 cm³/mol. The molecule has 21 heavy (non-hydrogen) atoms. The van der Waals surface area contributed by atoms with Gasteiger partial charge in [-0.25, -0.2) is 0 Å². The van der Waals surface area contributed by atoms with Gasteiger partial charge in [-0.05, 0) is 19.1 Å². The number of aliphatic carboxylic acids is 1. The van der Waals surface area contributed by atoms with Gasteiger partial charge in [-0.3, -0.25) is 9.59 Å². The normalized spacial score (nSPS) is 18.4. The fourth-order valence-electron chi connectivity index (χ4n) is 2.38. The first kappa shape index (κ1) is 15.3. The van der Waals surface area contributed by atoms with Crippen LogP contribution in [-0.2, 0) is 9.53 Å². The van der Waals surface area contributed by atoms with Gasteiger partial charge in [-0.2, -0.15) is 0 Å². The zero-order valence-electron chi connectivity index (χ0n) is 12.2. The highest BCUT2D eigenvalue weighted by atomic mass is 16.5. The fourth-order valence-corrected chi connectivity index (χ4v) is 2.38. The van der Waals surface area contributed by atoms with Gasteiger partial charge in [-0.1, -0.05) is 11.6 Å². The van der Waals surface area contributed by atoms with Gasteiger partial charge in [0.1, 0.15) is 5.75 Å². The van der Waals surface area contributed by atoms with E-state index in [-0.39, 0.29) is 18.9 Å². The SMILES string of the molecule is COc1ccc(C)cc1C(=O)N1CCOC(CC(=O)O)C1. The summed E-state index contributed by atoms with van der Waals surface area (Å²) in [6.07, 6.45) is -0.564. The van der Waals surface area contributed by atoms with Gasteiger partial charge in [0, 0.05) is 13.1 Å². The van der Waals surface area contributed by atoms with E-state index in [9.17, 15) is 9.59 Å². The van der Waals surface area contributed by atoms with Crippen molar-refractivity contribution in [2.45, 2.75) is 19.4 Å². The average molecular weight is 293 g/mol. The van der Waals surface area contributed by atoms with E-state index in [1.54, 1.807) is 17.0 Å². The number of carbonyl (C=O) groups is 2. The van der Waals surface area contributed by atoms with Crippen LogP contribution >= 0.6 is 0 Å². The number of benzene rings is 1. The van der Waals surface area contributed by atoms with E-state index in [1.807, 2.05) is 13.0 Å². The van der Waals surface area contributed by atoms with Crippen LogP contribution in [0.5, 0.6) is 5.75 Å². The van der Waals surface area contributed by atoms with Crippen molar-refractivity contribution < 1.29 is 24.2 Å². The molecule has 1 saturated heterocycles. The third-order valence-corrected chi connectivity index (χ3v) is 3.41. The Bertz CT molecular complexity index is 543. The van der Waals surface area contributed by atoms with Crippen LogP contribution < -0.4 is 4.74 Å². The number of rotatable bonds is 4. The number of methoxy groups -OCH3 is 1. The van der Waals surface area contributed by atoms with E-state index in [2.05, 4.69) is 0 Å². The van der Waals surface area contributed by atoms with Gasteiger partial charge in [0.05, 0.1) is 31.8 Å². The Morgan fingerprint density at radius 2 is 2.24 bits per heavy atom. The molecule has 1 aromatic rings.